The number of carbonyl (C=O) groups excluding carboxylic acids is 2. The van der Waals surface area contributed by atoms with E-state index in [2.05, 4.69) is 37.4 Å². The number of nitrogens with zero attached hydrogens (tertiary/aromatic N) is 3. The van der Waals surface area contributed by atoms with Crippen LogP contribution in [0, 0.1) is 18.8 Å². The van der Waals surface area contributed by atoms with Gasteiger partial charge in [-0.05, 0) is 31.2 Å². The number of aryl methyl sites for hydroxylation is 1. The molecule has 1 aliphatic rings. The normalized spacial score (nSPS) is 17.8. The van der Waals surface area contributed by atoms with Gasteiger partial charge in [-0.15, -0.1) is 0 Å². The Balaban J connectivity index is 1.58. The zero-order valence-corrected chi connectivity index (χ0v) is 17.2. The third-order valence-corrected chi connectivity index (χ3v) is 5.43. The molecular formula is C22H18N6O4. The van der Waals surface area contributed by atoms with Crippen molar-refractivity contribution in [2.45, 2.75) is 19.0 Å². The number of rotatable bonds is 3. The van der Waals surface area contributed by atoms with Gasteiger partial charge >= 0.3 is 6.03 Å². The summed E-state index contributed by atoms with van der Waals surface area (Å²) in [6.07, 6.45) is 3.23. The van der Waals surface area contributed by atoms with Crippen LogP contribution >= 0.6 is 0 Å². The fourth-order valence-electron chi connectivity index (χ4n) is 3.72. The number of aromatic nitrogens is 4. The van der Waals surface area contributed by atoms with Crippen molar-refractivity contribution in [1.29, 1.82) is 0 Å². The van der Waals surface area contributed by atoms with Crippen molar-refractivity contribution in [2.24, 2.45) is 0 Å². The molecule has 10 heteroatoms. The number of ether oxygens (including phenoxy) is 1. The average molecular weight is 430 g/mol. The maximum absolute atomic E-state index is 12.8. The molecule has 3 amide bonds. The molecule has 1 saturated heterocycles. The maximum Gasteiger partial charge on any atom is 0.323 e. The molecule has 1 atom stereocenters. The lowest BCUT2D eigenvalue weighted by molar-refractivity contribution is -0.122. The van der Waals surface area contributed by atoms with Gasteiger partial charge in [0.2, 0.25) is 5.54 Å². The van der Waals surface area contributed by atoms with Crippen LogP contribution in [0.1, 0.15) is 11.3 Å². The zero-order valence-electron chi connectivity index (χ0n) is 17.2. The lowest BCUT2D eigenvalue weighted by atomic mass is 9.99. The molecule has 0 saturated carbocycles. The molecule has 0 radical (unpaired) electrons. The molecule has 1 fully saturated rings. The average Bonchev–Trinajstić information content (AvgIpc) is 3.42. The number of amides is 3. The second-order valence-electron chi connectivity index (χ2n) is 7.49. The molecule has 0 unspecified atom stereocenters. The number of fused-ring (bicyclic) bond motifs is 2. The molecule has 4 heterocycles. The van der Waals surface area contributed by atoms with E-state index in [-0.39, 0.29) is 12.4 Å². The predicted octanol–water partition coefficient (Wildman–Crippen LogP) is 1.57. The number of benzene rings is 1. The number of imide groups is 1. The molecule has 160 valence electrons. The van der Waals surface area contributed by atoms with Gasteiger partial charge in [-0.3, -0.25) is 10.1 Å². The topological polar surface area (TPSA) is 134 Å². The van der Waals surface area contributed by atoms with Gasteiger partial charge in [0.1, 0.15) is 5.75 Å². The minimum atomic E-state index is -1.58. The second-order valence-corrected chi connectivity index (χ2v) is 7.49. The van der Waals surface area contributed by atoms with E-state index in [1.165, 1.54) is 18.0 Å². The van der Waals surface area contributed by atoms with Crippen molar-refractivity contribution in [1.82, 2.24) is 30.2 Å². The molecule has 4 aromatic rings. The fourth-order valence-corrected chi connectivity index (χ4v) is 3.72. The van der Waals surface area contributed by atoms with E-state index in [4.69, 9.17) is 4.74 Å². The summed E-state index contributed by atoms with van der Waals surface area (Å²) in [6.45, 7) is 1.69. The van der Waals surface area contributed by atoms with Gasteiger partial charge in [-0.1, -0.05) is 11.8 Å². The number of hydrogen-bond acceptors (Lipinski definition) is 6. The van der Waals surface area contributed by atoms with E-state index in [9.17, 15) is 14.7 Å². The fraction of sp³-hybridized carbons (Fsp3) is 0.182. The van der Waals surface area contributed by atoms with Crippen molar-refractivity contribution < 1.29 is 19.4 Å². The number of urea groups is 1. The first-order valence-corrected chi connectivity index (χ1v) is 9.72. The van der Waals surface area contributed by atoms with E-state index in [0.717, 1.165) is 5.39 Å². The van der Waals surface area contributed by atoms with Crippen LogP contribution in [0.5, 0.6) is 11.6 Å². The first-order chi connectivity index (χ1) is 15.4. The van der Waals surface area contributed by atoms with Gasteiger partial charge in [0, 0.05) is 22.5 Å². The Kier molecular flexibility index (Phi) is 4.27. The molecule has 32 heavy (non-hydrogen) atoms. The Hall–Kier alpha value is -4.52. The molecule has 4 N–H and O–H groups in total. The number of pyridine rings is 1. The van der Waals surface area contributed by atoms with Crippen LogP contribution in [0.25, 0.3) is 21.9 Å². The minimum Gasteiger partial charge on any atom is -0.497 e. The Morgan fingerprint density at radius 2 is 2.12 bits per heavy atom. The highest BCUT2D eigenvalue weighted by molar-refractivity contribution is 6.09. The third-order valence-electron chi connectivity index (χ3n) is 5.43. The lowest BCUT2D eigenvalue weighted by Crippen LogP contribution is -2.49. The van der Waals surface area contributed by atoms with Gasteiger partial charge in [-0.2, -0.15) is 0 Å². The smallest absolute Gasteiger partial charge is 0.323 e. The molecule has 1 aliphatic heterocycles. The second kappa shape index (κ2) is 7.02. The number of hydrogen-bond donors (Lipinski definition) is 4. The number of aromatic hydroxyl groups is 1. The maximum atomic E-state index is 12.8. The summed E-state index contributed by atoms with van der Waals surface area (Å²) in [6, 6.07) is 6.40. The first-order valence-electron chi connectivity index (χ1n) is 9.72. The number of nitrogens with one attached hydrogen (secondary N) is 3. The molecule has 0 bridgehead atoms. The number of imidazole rings is 1. The lowest BCUT2D eigenvalue weighted by Gasteiger charge is -2.20. The van der Waals surface area contributed by atoms with Crippen LogP contribution in [0.4, 0.5) is 4.79 Å². The van der Waals surface area contributed by atoms with Crippen LogP contribution in [0.2, 0.25) is 0 Å². The summed E-state index contributed by atoms with van der Waals surface area (Å²) >= 11 is 0. The van der Waals surface area contributed by atoms with Crippen LogP contribution < -0.4 is 15.4 Å². The van der Waals surface area contributed by atoms with Crippen molar-refractivity contribution in [3.8, 4) is 23.5 Å². The Morgan fingerprint density at radius 1 is 1.28 bits per heavy atom. The highest BCUT2D eigenvalue weighted by Crippen LogP contribution is 2.32. The van der Waals surface area contributed by atoms with E-state index >= 15 is 0 Å². The molecule has 1 aromatic carbocycles. The largest absolute Gasteiger partial charge is 0.497 e. The van der Waals surface area contributed by atoms with Crippen LogP contribution in [-0.4, -0.2) is 49.2 Å². The van der Waals surface area contributed by atoms with Crippen molar-refractivity contribution in [3.05, 3.63) is 48.0 Å². The van der Waals surface area contributed by atoms with Crippen molar-refractivity contribution in [2.75, 3.05) is 7.11 Å². The molecule has 5 rings (SSSR count). The van der Waals surface area contributed by atoms with Crippen LogP contribution in [0.15, 0.2) is 36.8 Å². The van der Waals surface area contributed by atoms with Gasteiger partial charge < -0.3 is 24.7 Å². The summed E-state index contributed by atoms with van der Waals surface area (Å²) in [7, 11) is 1.54. The summed E-state index contributed by atoms with van der Waals surface area (Å²) in [5.41, 5.74) is 0.912. The zero-order chi connectivity index (χ0) is 22.5. The summed E-state index contributed by atoms with van der Waals surface area (Å²) in [5, 5.41) is 16.9. The first kappa shape index (κ1) is 19.4. The highest BCUT2D eigenvalue weighted by Gasteiger charge is 2.46. The monoisotopic (exact) mass is 430 g/mol. The van der Waals surface area contributed by atoms with Gasteiger partial charge in [0.25, 0.3) is 5.91 Å². The van der Waals surface area contributed by atoms with Gasteiger partial charge in [0.15, 0.2) is 11.5 Å². The summed E-state index contributed by atoms with van der Waals surface area (Å²) < 4.78 is 6.70. The van der Waals surface area contributed by atoms with E-state index in [0.29, 0.717) is 33.6 Å². The van der Waals surface area contributed by atoms with Crippen molar-refractivity contribution >= 4 is 33.9 Å². The molecule has 0 aliphatic carbocycles. The Labute approximate surface area is 181 Å². The van der Waals surface area contributed by atoms with Gasteiger partial charge in [-0.25, -0.2) is 14.8 Å². The predicted molar refractivity (Wildman–Crippen MR) is 115 cm³/mol. The Bertz CT molecular complexity index is 1470. The Morgan fingerprint density at radius 3 is 2.88 bits per heavy atom. The number of aromatic amines is 1. The summed E-state index contributed by atoms with van der Waals surface area (Å²) in [4.78, 5) is 36.2. The third kappa shape index (κ3) is 3.07. The number of methoxy groups -OCH3 is 1. The van der Waals surface area contributed by atoms with E-state index in [1.807, 2.05) is 0 Å². The van der Waals surface area contributed by atoms with E-state index < -0.39 is 17.5 Å². The van der Waals surface area contributed by atoms with Crippen LogP contribution in [0.3, 0.4) is 0 Å². The quantitative estimate of drug-likeness (QED) is 0.288. The highest BCUT2D eigenvalue weighted by atomic mass is 16.5. The SMILES string of the molecule is COc1ccc2cn(C[C@@]3(C#Cc4cc5[nH]cnc5nc4C)NC(=O)NC3=O)c(O)c2c1. The minimum absolute atomic E-state index is 0.0641. The van der Waals surface area contributed by atoms with Gasteiger partial charge in [0.05, 0.1) is 31.2 Å². The van der Waals surface area contributed by atoms with Crippen LogP contribution in [-0.2, 0) is 11.3 Å². The molecular weight excluding hydrogens is 412 g/mol. The molecule has 3 aromatic heterocycles. The number of carbonyl (C=O) groups is 2. The van der Waals surface area contributed by atoms with E-state index in [1.54, 1.807) is 37.4 Å². The number of H-pyrrole nitrogens is 1. The summed E-state index contributed by atoms with van der Waals surface area (Å²) in [5.74, 6) is 5.80. The van der Waals surface area contributed by atoms with Crippen molar-refractivity contribution in [3.63, 3.8) is 0 Å². The molecule has 0 spiro atoms. The standard InChI is InChI=1S/C22H18N6O4/c1-12-13(7-17-18(25-12)24-11-23-17)5-6-22(20(30)26-21(31)27-22)10-28-9-14-3-4-15(32-2)8-16(14)19(28)29/h3-4,7-9,11,29H,10H2,1-2H3,(H,23,24,25)(H2,26,27,30,31)/t22-/m1/s1. The molecule has 10 nitrogen and oxygen atoms in total.